The monoisotopic (exact) mass is 217 g/mol. The van der Waals surface area contributed by atoms with Gasteiger partial charge >= 0.3 is 0 Å². The van der Waals surface area contributed by atoms with Gasteiger partial charge in [-0.3, -0.25) is 4.67 Å². The van der Waals surface area contributed by atoms with Gasteiger partial charge in [-0.15, -0.1) is 0 Å². The minimum absolute atomic E-state index is 0.966. The van der Waals surface area contributed by atoms with Gasteiger partial charge in [0.1, 0.15) is 0 Å². The van der Waals surface area contributed by atoms with Crippen molar-refractivity contribution in [2.45, 2.75) is 0 Å². The quantitative estimate of drug-likeness (QED) is 0.733. The number of nitrogens with zero attached hydrogens (tertiary/aromatic N) is 1. The highest BCUT2D eigenvalue weighted by atomic mass is 31.1. The molecule has 0 aliphatic heterocycles. The van der Waals surface area contributed by atoms with E-state index in [1.165, 1.54) is 0 Å². The van der Waals surface area contributed by atoms with Crippen molar-refractivity contribution in [3.8, 4) is 0 Å². The maximum Gasteiger partial charge on any atom is 0.153 e. The van der Waals surface area contributed by atoms with E-state index in [2.05, 4.69) is 0 Å². The van der Waals surface area contributed by atoms with E-state index in [1.807, 2.05) is 65.3 Å². The van der Waals surface area contributed by atoms with E-state index < -0.39 is 8.61 Å². The molecule has 2 aromatic carbocycles. The fraction of sp³-hybridized carbons (Fsp3) is 0. The summed E-state index contributed by atoms with van der Waals surface area (Å²) < 4.78 is 13.1. The first kappa shape index (κ1) is 10.0. The van der Waals surface area contributed by atoms with Crippen molar-refractivity contribution in [2.75, 3.05) is 4.67 Å². The molecule has 0 saturated carbocycles. The number of para-hydroxylation sites is 2. The van der Waals surface area contributed by atoms with Gasteiger partial charge in [0.25, 0.3) is 0 Å². The van der Waals surface area contributed by atoms with Crippen molar-refractivity contribution >= 4 is 20.0 Å². The third-order valence-corrected chi connectivity index (χ3v) is 2.98. The third-order valence-electron chi connectivity index (χ3n) is 2.17. The third kappa shape index (κ3) is 2.28. The molecule has 2 aromatic rings. The zero-order valence-electron chi connectivity index (χ0n) is 8.21. The largest absolute Gasteiger partial charge is 0.307 e. The van der Waals surface area contributed by atoms with E-state index in [-0.39, 0.29) is 0 Å². The van der Waals surface area contributed by atoms with Gasteiger partial charge < -0.3 is 4.57 Å². The summed E-state index contributed by atoms with van der Waals surface area (Å²) in [7, 11) is -0.999. The zero-order valence-corrected chi connectivity index (χ0v) is 9.36. The first-order valence-corrected chi connectivity index (χ1v) is 5.75. The molecule has 0 bridgehead atoms. The summed E-state index contributed by atoms with van der Waals surface area (Å²) in [6, 6.07) is 19.5. The van der Waals surface area contributed by atoms with Crippen LogP contribution in [0.2, 0.25) is 0 Å². The molecule has 0 aliphatic carbocycles. The second-order valence-corrected chi connectivity index (χ2v) is 3.87. The van der Waals surface area contributed by atoms with Crippen molar-refractivity contribution in [2.24, 2.45) is 0 Å². The molecule has 1 unspecified atom stereocenters. The molecule has 3 heteroatoms. The highest BCUT2D eigenvalue weighted by molar-refractivity contribution is 7.26. The van der Waals surface area contributed by atoms with Crippen LogP contribution in [0.1, 0.15) is 0 Å². The Kier molecular flexibility index (Phi) is 3.21. The van der Waals surface area contributed by atoms with Crippen molar-refractivity contribution in [1.82, 2.24) is 0 Å². The van der Waals surface area contributed by atoms with Gasteiger partial charge in [0.05, 0.1) is 0 Å². The minimum Gasteiger partial charge on any atom is -0.307 e. The summed E-state index contributed by atoms with van der Waals surface area (Å²) >= 11 is 0. The highest BCUT2D eigenvalue weighted by Gasteiger charge is 2.04. The van der Waals surface area contributed by atoms with Gasteiger partial charge in [0.2, 0.25) is 0 Å². The molecule has 0 aromatic heterocycles. The lowest BCUT2D eigenvalue weighted by molar-refractivity contribution is 0.598. The lowest BCUT2D eigenvalue weighted by Gasteiger charge is -2.17. The van der Waals surface area contributed by atoms with E-state index in [1.54, 1.807) is 0 Å². The average Bonchev–Trinajstić information content (AvgIpc) is 2.33. The fourth-order valence-corrected chi connectivity index (χ4v) is 2.04. The molecule has 0 heterocycles. The van der Waals surface area contributed by atoms with Crippen LogP contribution in [0.15, 0.2) is 60.7 Å². The van der Waals surface area contributed by atoms with Gasteiger partial charge in [-0.25, -0.2) is 0 Å². The summed E-state index contributed by atoms with van der Waals surface area (Å²) in [6.45, 7) is 0. The van der Waals surface area contributed by atoms with Crippen LogP contribution >= 0.6 is 8.61 Å². The SMILES string of the molecule is O=[PH2]N(c1ccccc1)c1ccccc1. The number of benzene rings is 2. The van der Waals surface area contributed by atoms with Crippen molar-refractivity contribution in [3.05, 3.63) is 60.7 Å². The second-order valence-electron chi connectivity index (χ2n) is 3.15. The van der Waals surface area contributed by atoms with Crippen molar-refractivity contribution < 1.29 is 4.57 Å². The van der Waals surface area contributed by atoms with E-state index in [9.17, 15) is 4.57 Å². The van der Waals surface area contributed by atoms with Gasteiger partial charge in [0.15, 0.2) is 8.61 Å². The molecule has 1 atom stereocenters. The van der Waals surface area contributed by atoms with Crippen LogP contribution in [0.25, 0.3) is 0 Å². The molecule has 0 saturated heterocycles. The molecule has 0 aliphatic rings. The second kappa shape index (κ2) is 4.81. The van der Waals surface area contributed by atoms with E-state index in [4.69, 9.17) is 0 Å². The molecule has 0 N–H and O–H groups in total. The smallest absolute Gasteiger partial charge is 0.153 e. The van der Waals surface area contributed by atoms with Gasteiger partial charge in [-0.1, -0.05) is 36.4 Å². The molecule has 15 heavy (non-hydrogen) atoms. The van der Waals surface area contributed by atoms with Crippen LogP contribution in [0, 0.1) is 0 Å². The number of hydrogen-bond acceptors (Lipinski definition) is 1. The minimum atomic E-state index is -0.999. The molecule has 0 spiro atoms. The van der Waals surface area contributed by atoms with Crippen molar-refractivity contribution in [3.63, 3.8) is 0 Å². The Morgan fingerprint density at radius 2 is 1.13 bits per heavy atom. The first-order valence-electron chi connectivity index (χ1n) is 4.76. The number of rotatable bonds is 3. The maximum absolute atomic E-state index is 11.2. The van der Waals surface area contributed by atoms with Crippen LogP contribution in [-0.4, -0.2) is 0 Å². The summed E-state index contributed by atoms with van der Waals surface area (Å²) in [4.78, 5) is 0. The Balaban J connectivity index is 2.38. The molecule has 0 fully saturated rings. The highest BCUT2D eigenvalue weighted by Crippen LogP contribution is 2.30. The van der Waals surface area contributed by atoms with E-state index in [0.29, 0.717) is 0 Å². The van der Waals surface area contributed by atoms with E-state index >= 15 is 0 Å². The van der Waals surface area contributed by atoms with E-state index in [0.717, 1.165) is 11.4 Å². The molecule has 2 rings (SSSR count). The topological polar surface area (TPSA) is 20.3 Å². The molecule has 0 amide bonds. The van der Waals surface area contributed by atoms with Crippen LogP contribution in [-0.2, 0) is 4.57 Å². The van der Waals surface area contributed by atoms with Crippen molar-refractivity contribution in [1.29, 1.82) is 0 Å². The summed E-state index contributed by atoms with van der Waals surface area (Å²) in [5, 5.41) is 0. The van der Waals surface area contributed by atoms with Crippen LogP contribution < -0.4 is 4.67 Å². The Morgan fingerprint density at radius 1 is 0.733 bits per heavy atom. The lowest BCUT2D eigenvalue weighted by Crippen LogP contribution is -2.01. The van der Waals surface area contributed by atoms with Gasteiger partial charge in [-0.05, 0) is 24.3 Å². The Hall–Kier alpha value is -1.53. The molecular weight excluding hydrogens is 205 g/mol. The zero-order chi connectivity index (χ0) is 10.5. The molecule has 2 nitrogen and oxygen atoms in total. The normalized spacial score (nSPS) is 10.7. The number of hydrogen-bond donors (Lipinski definition) is 0. The first-order chi connectivity index (χ1) is 7.42. The average molecular weight is 217 g/mol. The Morgan fingerprint density at radius 3 is 1.47 bits per heavy atom. The molecule has 0 radical (unpaired) electrons. The lowest BCUT2D eigenvalue weighted by atomic mass is 10.3. The predicted molar refractivity (Wildman–Crippen MR) is 65.4 cm³/mol. The molecule has 76 valence electrons. The Labute approximate surface area is 90.4 Å². The maximum atomic E-state index is 11.2. The van der Waals surface area contributed by atoms with Crippen LogP contribution in [0.5, 0.6) is 0 Å². The Bertz CT molecular complexity index is 390. The van der Waals surface area contributed by atoms with Gasteiger partial charge in [-0.2, -0.15) is 0 Å². The summed E-state index contributed by atoms with van der Waals surface area (Å²) in [6.07, 6.45) is 0. The predicted octanol–water partition coefficient (Wildman–Crippen LogP) is 3.50. The van der Waals surface area contributed by atoms with Crippen LogP contribution in [0.3, 0.4) is 0 Å². The number of anilines is 2. The van der Waals surface area contributed by atoms with Crippen LogP contribution in [0.4, 0.5) is 11.4 Å². The molecular formula is C12H12NOP. The summed E-state index contributed by atoms with van der Waals surface area (Å²) in [5.74, 6) is 0. The summed E-state index contributed by atoms with van der Waals surface area (Å²) in [5.41, 5.74) is 1.93. The standard InChI is InChI=1S/C12H12NOP/c14-15-13(11-7-3-1-4-8-11)12-9-5-2-6-10-12/h1-10H,15H2. The fourth-order valence-electron chi connectivity index (χ4n) is 1.45. The van der Waals surface area contributed by atoms with Gasteiger partial charge in [0, 0.05) is 11.4 Å².